The zero-order chi connectivity index (χ0) is 13.1. The van der Waals surface area contributed by atoms with Gasteiger partial charge in [0.1, 0.15) is 0 Å². The number of rotatable bonds is 3. The highest BCUT2D eigenvalue weighted by Gasteiger charge is 2.20. The first-order valence-electron chi connectivity index (χ1n) is 6.49. The first-order chi connectivity index (χ1) is 8.56. The standard InChI is InChI=1S/C14H22ClN3/c1-17-7-3-4-12(10-17)18(2)9-11-5-6-13(15)14(16)8-11/h5-6,8,12H,3-4,7,9-10,16H2,1-2H3. The van der Waals surface area contributed by atoms with Crippen LogP contribution >= 0.6 is 11.6 Å². The van der Waals surface area contributed by atoms with Crippen LogP contribution < -0.4 is 5.73 Å². The number of anilines is 1. The minimum atomic E-state index is 0.638. The summed E-state index contributed by atoms with van der Waals surface area (Å²) >= 11 is 5.94. The molecule has 1 atom stereocenters. The predicted molar refractivity (Wildman–Crippen MR) is 77.9 cm³/mol. The van der Waals surface area contributed by atoms with Crippen LogP contribution in [-0.4, -0.2) is 43.0 Å². The largest absolute Gasteiger partial charge is 0.398 e. The summed E-state index contributed by atoms with van der Waals surface area (Å²) in [6.45, 7) is 3.30. The van der Waals surface area contributed by atoms with Crippen molar-refractivity contribution in [3.8, 4) is 0 Å². The van der Waals surface area contributed by atoms with Crippen molar-refractivity contribution < 1.29 is 0 Å². The molecule has 100 valence electrons. The van der Waals surface area contributed by atoms with Crippen LogP contribution in [0.3, 0.4) is 0 Å². The molecule has 0 amide bonds. The summed E-state index contributed by atoms with van der Waals surface area (Å²) < 4.78 is 0. The van der Waals surface area contributed by atoms with Crippen molar-refractivity contribution in [1.82, 2.24) is 9.80 Å². The van der Waals surface area contributed by atoms with Crippen molar-refractivity contribution in [2.75, 3.05) is 32.9 Å². The summed E-state index contributed by atoms with van der Waals surface area (Å²) in [6.07, 6.45) is 2.57. The van der Waals surface area contributed by atoms with Gasteiger partial charge in [0.15, 0.2) is 0 Å². The number of nitrogens with two attached hydrogens (primary N) is 1. The maximum absolute atomic E-state index is 5.94. The molecule has 1 aromatic rings. The van der Waals surface area contributed by atoms with E-state index in [1.807, 2.05) is 12.1 Å². The van der Waals surface area contributed by atoms with Gasteiger partial charge in [-0.1, -0.05) is 17.7 Å². The van der Waals surface area contributed by atoms with Crippen molar-refractivity contribution in [1.29, 1.82) is 0 Å². The number of piperidine rings is 1. The molecule has 0 spiro atoms. The molecular weight excluding hydrogens is 246 g/mol. The van der Waals surface area contributed by atoms with Crippen molar-refractivity contribution in [2.45, 2.75) is 25.4 Å². The van der Waals surface area contributed by atoms with Gasteiger partial charge in [0, 0.05) is 19.1 Å². The van der Waals surface area contributed by atoms with Gasteiger partial charge in [0.05, 0.1) is 10.7 Å². The number of hydrogen-bond donors (Lipinski definition) is 1. The third-order valence-corrected chi connectivity index (χ3v) is 4.06. The van der Waals surface area contributed by atoms with Crippen molar-refractivity contribution >= 4 is 17.3 Å². The molecule has 1 saturated heterocycles. The van der Waals surface area contributed by atoms with E-state index in [1.165, 1.54) is 24.9 Å². The quantitative estimate of drug-likeness (QED) is 0.854. The average molecular weight is 268 g/mol. The number of nitrogens with zero attached hydrogens (tertiary/aromatic N) is 2. The highest BCUT2D eigenvalue weighted by molar-refractivity contribution is 6.33. The van der Waals surface area contributed by atoms with E-state index in [0.717, 1.165) is 13.1 Å². The van der Waals surface area contributed by atoms with Crippen LogP contribution in [-0.2, 0) is 6.54 Å². The topological polar surface area (TPSA) is 32.5 Å². The highest BCUT2D eigenvalue weighted by Crippen LogP contribution is 2.21. The van der Waals surface area contributed by atoms with Gasteiger partial charge >= 0.3 is 0 Å². The molecule has 2 N–H and O–H groups in total. The zero-order valence-electron chi connectivity index (χ0n) is 11.2. The fourth-order valence-corrected chi connectivity index (χ4v) is 2.73. The van der Waals surface area contributed by atoms with Crippen LogP contribution in [0.15, 0.2) is 18.2 Å². The Morgan fingerprint density at radius 3 is 2.94 bits per heavy atom. The summed E-state index contributed by atoms with van der Waals surface area (Å²) in [6, 6.07) is 6.56. The van der Waals surface area contributed by atoms with Gasteiger partial charge in [-0.3, -0.25) is 4.90 Å². The lowest BCUT2D eigenvalue weighted by Crippen LogP contribution is -2.44. The first kappa shape index (κ1) is 13.7. The highest BCUT2D eigenvalue weighted by atomic mass is 35.5. The third-order valence-electron chi connectivity index (χ3n) is 3.72. The molecular formula is C14H22ClN3. The Morgan fingerprint density at radius 1 is 1.50 bits per heavy atom. The van der Waals surface area contributed by atoms with Crippen LogP contribution in [0.2, 0.25) is 5.02 Å². The lowest BCUT2D eigenvalue weighted by atomic mass is 10.0. The molecule has 0 radical (unpaired) electrons. The Kier molecular flexibility index (Phi) is 4.49. The number of benzene rings is 1. The van der Waals surface area contributed by atoms with Gasteiger partial charge in [-0.2, -0.15) is 0 Å². The molecule has 1 aromatic carbocycles. The lowest BCUT2D eigenvalue weighted by Gasteiger charge is -2.36. The van der Waals surface area contributed by atoms with E-state index in [2.05, 4.69) is 30.0 Å². The average Bonchev–Trinajstić information content (AvgIpc) is 2.34. The number of hydrogen-bond acceptors (Lipinski definition) is 3. The molecule has 1 unspecified atom stereocenters. The molecule has 1 aliphatic heterocycles. The lowest BCUT2D eigenvalue weighted by molar-refractivity contribution is 0.129. The zero-order valence-corrected chi connectivity index (χ0v) is 12.0. The SMILES string of the molecule is CN1CCCC(N(C)Cc2ccc(Cl)c(N)c2)C1. The second-order valence-corrected chi connectivity index (χ2v) is 5.74. The summed E-state index contributed by atoms with van der Waals surface area (Å²) in [4.78, 5) is 4.82. The van der Waals surface area contributed by atoms with Gasteiger partial charge in [0.25, 0.3) is 0 Å². The molecule has 0 bridgehead atoms. The summed E-state index contributed by atoms with van der Waals surface area (Å²) in [5.41, 5.74) is 7.74. The fourth-order valence-electron chi connectivity index (χ4n) is 2.61. The van der Waals surface area contributed by atoms with Gasteiger partial charge < -0.3 is 10.6 Å². The monoisotopic (exact) mass is 267 g/mol. The summed E-state index contributed by atoms with van der Waals surface area (Å²) in [7, 11) is 4.38. The molecule has 1 heterocycles. The van der Waals surface area contributed by atoms with Crippen LogP contribution in [0.25, 0.3) is 0 Å². The Morgan fingerprint density at radius 2 is 2.28 bits per heavy atom. The van der Waals surface area contributed by atoms with Gasteiger partial charge in [0.2, 0.25) is 0 Å². The number of halogens is 1. The first-order valence-corrected chi connectivity index (χ1v) is 6.87. The van der Waals surface area contributed by atoms with E-state index in [1.54, 1.807) is 0 Å². The maximum atomic E-state index is 5.94. The molecule has 1 fully saturated rings. The van der Waals surface area contributed by atoms with E-state index >= 15 is 0 Å². The molecule has 4 heteroatoms. The Hall–Kier alpha value is -0.770. The van der Waals surface area contributed by atoms with Crippen molar-refractivity contribution in [3.05, 3.63) is 28.8 Å². The van der Waals surface area contributed by atoms with E-state index in [9.17, 15) is 0 Å². The van der Waals surface area contributed by atoms with E-state index in [-0.39, 0.29) is 0 Å². The number of likely N-dealkylation sites (N-methyl/N-ethyl adjacent to an activating group) is 2. The van der Waals surface area contributed by atoms with Crippen LogP contribution in [0.5, 0.6) is 0 Å². The van der Waals surface area contributed by atoms with Gasteiger partial charge in [-0.15, -0.1) is 0 Å². The molecule has 0 aromatic heterocycles. The Balaban J connectivity index is 1.97. The smallest absolute Gasteiger partial charge is 0.0635 e. The van der Waals surface area contributed by atoms with Crippen LogP contribution in [0, 0.1) is 0 Å². The van der Waals surface area contributed by atoms with E-state index < -0.39 is 0 Å². The molecule has 18 heavy (non-hydrogen) atoms. The number of nitrogen functional groups attached to an aromatic ring is 1. The minimum Gasteiger partial charge on any atom is -0.398 e. The van der Waals surface area contributed by atoms with Gasteiger partial charge in [-0.05, 0) is 51.2 Å². The fraction of sp³-hybridized carbons (Fsp3) is 0.571. The molecule has 1 aliphatic rings. The Bertz CT molecular complexity index is 408. The molecule has 0 saturated carbocycles. The summed E-state index contributed by atoms with van der Waals surface area (Å²) in [5.74, 6) is 0. The van der Waals surface area contributed by atoms with E-state index in [0.29, 0.717) is 16.8 Å². The van der Waals surface area contributed by atoms with Gasteiger partial charge in [-0.25, -0.2) is 0 Å². The van der Waals surface area contributed by atoms with Crippen LogP contribution in [0.1, 0.15) is 18.4 Å². The minimum absolute atomic E-state index is 0.638. The van der Waals surface area contributed by atoms with Crippen molar-refractivity contribution in [2.24, 2.45) is 0 Å². The predicted octanol–water partition coefficient (Wildman–Crippen LogP) is 2.45. The molecule has 2 rings (SSSR count). The second-order valence-electron chi connectivity index (χ2n) is 5.33. The number of likely N-dealkylation sites (tertiary alicyclic amines) is 1. The third kappa shape index (κ3) is 3.37. The molecule has 0 aliphatic carbocycles. The maximum Gasteiger partial charge on any atom is 0.0635 e. The molecule has 3 nitrogen and oxygen atoms in total. The Labute approximate surface area is 115 Å². The normalized spacial score (nSPS) is 21.4. The van der Waals surface area contributed by atoms with Crippen LogP contribution in [0.4, 0.5) is 5.69 Å². The second kappa shape index (κ2) is 5.91. The summed E-state index contributed by atoms with van der Waals surface area (Å²) in [5, 5.41) is 0.638. The van der Waals surface area contributed by atoms with Crippen molar-refractivity contribution in [3.63, 3.8) is 0 Å². The van der Waals surface area contributed by atoms with E-state index in [4.69, 9.17) is 17.3 Å².